The van der Waals surface area contributed by atoms with Gasteiger partial charge in [0.05, 0.1) is 22.1 Å². The molecule has 41 heavy (non-hydrogen) atoms. The molecule has 8 rings (SSSR count). The predicted octanol–water partition coefficient (Wildman–Crippen LogP) is 7.25. The van der Waals surface area contributed by atoms with Gasteiger partial charge in [-0.3, -0.25) is 0 Å². The third-order valence-corrected chi connectivity index (χ3v) is 7.60. The Bertz CT molecular complexity index is 2080. The lowest BCUT2D eigenvalue weighted by Crippen LogP contribution is -2.29. The molecule has 8 aromatic rings. The number of benzene rings is 6. The van der Waals surface area contributed by atoms with E-state index in [-0.39, 0.29) is 0 Å². The number of para-hydroxylation sites is 5. The van der Waals surface area contributed by atoms with E-state index in [1.54, 1.807) is 6.07 Å². The zero-order valence-corrected chi connectivity index (χ0v) is 22.3. The van der Waals surface area contributed by atoms with E-state index in [0.29, 0.717) is 5.46 Å². The molecule has 5 heteroatoms. The normalized spacial score (nSPS) is 11.2. The first kappa shape index (κ1) is 24.9. The van der Waals surface area contributed by atoms with Gasteiger partial charge in [-0.15, -0.1) is 0 Å². The second kappa shape index (κ2) is 10.5. The first-order chi connectivity index (χ1) is 20.2. The minimum atomic E-state index is -1.46. The van der Waals surface area contributed by atoms with E-state index in [9.17, 15) is 10.0 Å². The molecule has 6 aromatic carbocycles. The van der Waals surface area contributed by atoms with E-state index < -0.39 is 7.12 Å². The summed E-state index contributed by atoms with van der Waals surface area (Å²) < 4.78 is 4.52. The summed E-state index contributed by atoms with van der Waals surface area (Å²) in [6, 6.07) is 51.5. The average Bonchev–Trinajstić information content (AvgIpc) is 3.55. The van der Waals surface area contributed by atoms with Crippen LogP contribution in [0.3, 0.4) is 0 Å². The summed E-state index contributed by atoms with van der Waals surface area (Å²) in [6.45, 7) is 0. The molecule has 0 aliphatic rings. The SMILES string of the molecule is OB(O)c1ccc2c(c1)c1ccccc1n2-c1ccccc1.c1ccc(-n2c3ccccc3c3ccccc32)cc1. The van der Waals surface area contributed by atoms with Gasteiger partial charge >= 0.3 is 7.12 Å². The van der Waals surface area contributed by atoms with Crippen molar-refractivity contribution in [1.82, 2.24) is 9.13 Å². The standard InChI is InChI=1S/C18H14BNO2.C18H13N/c21-19(22)13-10-11-18-16(12-13)15-8-4-5-9-17(15)20(18)14-6-2-1-3-7-14;1-2-8-14(9-3-1)19-17-12-6-4-10-15(17)16-11-5-7-13-18(16)19/h1-12,21-22H;1-13H. The van der Waals surface area contributed by atoms with Crippen LogP contribution in [0.15, 0.2) is 152 Å². The monoisotopic (exact) mass is 530 g/mol. The summed E-state index contributed by atoms with van der Waals surface area (Å²) >= 11 is 0. The van der Waals surface area contributed by atoms with Gasteiger partial charge in [-0.25, -0.2) is 0 Å². The molecule has 4 nitrogen and oxygen atoms in total. The highest BCUT2D eigenvalue weighted by molar-refractivity contribution is 6.59. The second-order valence-corrected chi connectivity index (χ2v) is 10.0. The van der Waals surface area contributed by atoms with Gasteiger partial charge in [0.15, 0.2) is 0 Å². The molecular weight excluding hydrogens is 503 g/mol. The van der Waals surface area contributed by atoms with Crippen LogP contribution in [-0.4, -0.2) is 26.3 Å². The van der Waals surface area contributed by atoms with Crippen LogP contribution in [0.4, 0.5) is 0 Å². The maximum absolute atomic E-state index is 9.43. The largest absolute Gasteiger partial charge is 0.488 e. The van der Waals surface area contributed by atoms with E-state index in [1.165, 1.54) is 27.5 Å². The van der Waals surface area contributed by atoms with Gasteiger partial charge in [0.2, 0.25) is 0 Å². The van der Waals surface area contributed by atoms with Gasteiger partial charge in [-0.1, -0.05) is 103 Å². The number of hydrogen-bond acceptors (Lipinski definition) is 2. The van der Waals surface area contributed by atoms with Crippen LogP contribution in [-0.2, 0) is 0 Å². The third kappa shape index (κ3) is 4.38. The summed E-state index contributed by atoms with van der Waals surface area (Å²) in [4.78, 5) is 0. The van der Waals surface area contributed by atoms with Crippen LogP contribution in [0.1, 0.15) is 0 Å². The zero-order chi connectivity index (χ0) is 27.8. The van der Waals surface area contributed by atoms with Crippen molar-refractivity contribution in [3.8, 4) is 11.4 Å². The molecule has 0 aliphatic heterocycles. The number of hydrogen-bond donors (Lipinski definition) is 2. The minimum absolute atomic E-state index is 0.503. The molecule has 2 N–H and O–H groups in total. The van der Waals surface area contributed by atoms with Gasteiger partial charge in [0, 0.05) is 32.9 Å². The molecule has 0 bridgehead atoms. The Hall–Kier alpha value is -5.10. The maximum atomic E-state index is 9.43. The Kier molecular flexibility index (Phi) is 6.36. The lowest BCUT2D eigenvalue weighted by molar-refractivity contribution is 0.426. The van der Waals surface area contributed by atoms with Crippen molar-refractivity contribution in [2.75, 3.05) is 0 Å². The molecular formula is C36H27BN2O2. The Labute approximate surface area is 238 Å². The lowest BCUT2D eigenvalue weighted by Gasteiger charge is -2.07. The molecule has 0 spiro atoms. The molecule has 196 valence electrons. The Morgan fingerprint density at radius 1 is 0.366 bits per heavy atom. The first-order valence-corrected chi connectivity index (χ1v) is 13.7. The summed E-state index contributed by atoms with van der Waals surface area (Å²) in [6.07, 6.45) is 0. The fourth-order valence-corrected chi connectivity index (χ4v) is 5.78. The van der Waals surface area contributed by atoms with Crippen LogP contribution < -0.4 is 5.46 Å². The maximum Gasteiger partial charge on any atom is 0.488 e. The molecule has 0 radical (unpaired) electrons. The van der Waals surface area contributed by atoms with Gasteiger partial charge < -0.3 is 19.2 Å². The van der Waals surface area contributed by atoms with E-state index in [0.717, 1.165) is 27.5 Å². The van der Waals surface area contributed by atoms with E-state index in [1.807, 2.05) is 42.5 Å². The van der Waals surface area contributed by atoms with E-state index >= 15 is 0 Å². The summed E-state index contributed by atoms with van der Waals surface area (Å²) in [5.41, 5.74) is 7.48. The molecule has 0 saturated carbocycles. The molecule has 0 aliphatic carbocycles. The van der Waals surface area contributed by atoms with Crippen molar-refractivity contribution in [1.29, 1.82) is 0 Å². The fraction of sp³-hybridized carbons (Fsp3) is 0. The quantitative estimate of drug-likeness (QED) is 0.237. The van der Waals surface area contributed by atoms with Crippen molar-refractivity contribution in [3.05, 3.63) is 152 Å². The van der Waals surface area contributed by atoms with Crippen LogP contribution in [0.5, 0.6) is 0 Å². The highest BCUT2D eigenvalue weighted by Gasteiger charge is 2.16. The number of aromatic nitrogens is 2. The number of rotatable bonds is 3. The van der Waals surface area contributed by atoms with Crippen molar-refractivity contribution < 1.29 is 10.0 Å². The third-order valence-electron chi connectivity index (χ3n) is 7.60. The Balaban J connectivity index is 0.000000136. The molecule has 0 atom stereocenters. The summed E-state index contributed by atoms with van der Waals surface area (Å²) in [5, 5.41) is 23.6. The zero-order valence-electron chi connectivity index (χ0n) is 22.3. The molecule has 0 unspecified atom stereocenters. The topological polar surface area (TPSA) is 50.3 Å². The first-order valence-electron chi connectivity index (χ1n) is 13.7. The highest BCUT2D eigenvalue weighted by atomic mass is 16.4. The van der Waals surface area contributed by atoms with Crippen molar-refractivity contribution in [2.24, 2.45) is 0 Å². The predicted molar refractivity (Wildman–Crippen MR) is 171 cm³/mol. The fourth-order valence-electron chi connectivity index (χ4n) is 5.78. The smallest absolute Gasteiger partial charge is 0.423 e. The Morgan fingerprint density at radius 2 is 0.732 bits per heavy atom. The highest BCUT2D eigenvalue weighted by Crippen LogP contribution is 2.32. The molecule has 2 aromatic heterocycles. The van der Waals surface area contributed by atoms with E-state index in [4.69, 9.17) is 0 Å². The van der Waals surface area contributed by atoms with Crippen LogP contribution in [0.25, 0.3) is 55.0 Å². The van der Waals surface area contributed by atoms with Gasteiger partial charge in [0.1, 0.15) is 0 Å². The van der Waals surface area contributed by atoms with Crippen molar-refractivity contribution in [3.63, 3.8) is 0 Å². The minimum Gasteiger partial charge on any atom is -0.423 e. The molecule has 2 heterocycles. The summed E-state index contributed by atoms with van der Waals surface area (Å²) in [5.74, 6) is 0. The van der Waals surface area contributed by atoms with Gasteiger partial charge in [-0.05, 0) is 54.0 Å². The number of fused-ring (bicyclic) bond motifs is 6. The van der Waals surface area contributed by atoms with Crippen molar-refractivity contribution in [2.45, 2.75) is 0 Å². The molecule has 0 saturated heterocycles. The van der Waals surface area contributed by atoms with Gasteiger partial charge in [0.25, 0.3) is 0 Å². The van der Waals surface area contributed by atoms with Crippen molar-refractivity contribution >= 4 is 56.2 Å². The Morgan fingerprint density at radius 3 is 1.17 bits per heavy atom. The van der Waals surface area contributed by atoms with Crippen LogP contribution in [0, 0.1) is 0 Å². The summed E-state index contributed by atoms with van der Waals surface area (Å²) in [7, 11) is -1.46. The van der Waals surface area contributed by atoms with Crippen LogP contribution >= 0.6 is 0 Å². The molecule has 0 amide bonds. The van der Waals surface area contributed by atoms with Crippen LogP contribution in [0.2, 0.25) is 0 Å². The van der Waals surface area contributed by atoms with Gasteiger partial charge in [-0.2, -0.15) is 0 Å². The molecule has 0 fully saturated rings. The number of nitrogens with zero attached hydrogens (tertiary/aromatic N) is 2. The van der Waals surface area contributed by atoms with E-state index in [2.05, 4.69) is 112 Å². The second-order valence-electron chi connectivity index (χ2n) is 10.0. The average molecular weight is 530 g/mol. The lowest BCUT2D eigenvalue weighted by atomic mass is 9.80.